The predicted octanol–water partition coefficient (Wildman–Crippen LogP) is 6.86. The van der Waals surface area contributed by atoms with E-state index in [0.717, 1.165) is 6.42 Å². The molecule has 0 bridgehead atoms. The second-order valence-electron chi connectivity index (χ2n) is 6.02. The van der Waals surface area contributed by atoms with Gasteiger partial charge >= 0.3 is 5.97 Å². The van der Waals surface area contributed by atoms with Crippen LogP contribution in [0.2, 0.25) is 0 Å². The second kappa shape index (κ2) is 20.2. The summed E-state index contributed by atoms with van der Waals surface area (Å²) in [6, 6.07) is 0. The van der Waals surface area contributed by atoms with Gasteiger partial charge in [-0.2, -0.15) is 0 Å². The van der Waals surface area contributed by atoms with Crippen LogP contribution in [0.25, 0.3) is 0 Å². The number of carbonyl (C=O) groups excluding carboxylic acids is 1. The Balaban J connectivity index is 3.59. The molecule has 0 saturated carbocycles. The molecular weight excluding hydrogens is 308 g/mol. The molecule has 0 amide bonds. The lowest BCUT2D eigenvalue weighted by Crippen LogP contribution is -2.00. The minimum absolute atomic E-state index is 0.290. The number of hydrogen-bond acceptors (Lipinski definition) is 2. The summed E-state index contributed by atoms with van der Waals surface area (Å²) in [5.74, 6) is -0.290. The van der Waals surface area contributed by atoms with Gasteiger partial charge in [-0.25, -0.2) is 4.79 Å². The van der Waals surface area contributed by atoms with Crippen LogP contribution in [-0.2, 0) is 9.53 Å². The summed E-state index contributed by atoms with van der Waals surface area (Å²) < 4.78 is 4.92. The highest BCUT2D eigenvalue weighted by Crippen LogP contribution is 2.08. The number of carbonyl (C=O) groups is 1. The van der Waals surface area contributed by atoms with Gasteiger partial charge in [0.2, 0.25) is 0 Å². The summed E-state index contributed by atoms with van der Waals surface area (Å²) in [7, 11) is 0. The smallest absolute Gasteiger partial charge is 0.330 e. The normalized spacial score (nSPS) is 12.6. The molecule has 0 atom stereocenters. The number of hydrogen-bond donors (Lipinski definition) is 0. The first-order chi connectivity index (χ1) is 12.3. The average molecular weight is 345 g/mol. The van der Waals surface area contributed by atoms with Crippen molar-refractivity contribution in [2.75, 3.05) is 6.61 Å². The number of allylic oxidation sites excluding steroid dienone is 9. The van der Waals surface area contributed by atoms with Gasteiger partial charge in [-0.1, -0.05) is 107 Å². The summed E-state index contributed by atoms with van der Waals surface area (Å²) in [6.07, 6.45) is 30.6. The number of rotatable bonds is 15. The maximum absolute atomic E-state index is 11.2. The molecule has 0 heterocycles. The second-order valence-corrected chi connectivity index (χ2v) is 6.02. The van der Waals surface area contributed by atoms with Gasteiger partial charge in [0.05, 0.1) is 6.61 Å². The van der Waals surface area contributed by atoms with E-state index >= 15 is 0 Å². The maximum atomic E-state index is 11.2. The first kappa shape index (κ1) is 23.2. The summed E-state index contributed by atoms with van der Waals surface area (Å²) in [5.41, 5.74) is 0. The van der Waals surface area contributed by atoms with Gasteiger partial charge in [-0.05, 0) is 19.3 Å². The predicted molar refractivity (Wildman–Crippen MR) is 110 cm³/mol. The molecule has 0 aliphatic heterocycles. The fourth-order valence-electron chi connectivity index (χ4n) is 2.16. The van der Waals surface area contributed by atoms with Crippen LogP contribution in [0.3, 0.4) is 0 Å². The van der Waals surface area contributed by atoms with Gasteiger partial charge < -0.3 is 4.74 Å². The van der Waals surface area contributed by atoms with Crippen molar-refractivity contribution in [3.63, 3.8) is 0 Å². The molecular formula is C23H36O2. The van der Waals surface area contributed by atoms with Gasteiger partial charge in [0.25, 0.3) is 0 Å². The number of unbranched alkanes of at least 4 members (excludes halogenated alkanes) is 7. The molecule has 0 radical (unpaired) electrons. The highest BCUT2D eigenvalue weighted by molar-refractivity contribution is 5.82. The Kier molecular flexibility index (Phi) is 18.7. The van der Waals surface area contributed by atoms with Crippen molar-refractivity contribution in [3.05, 3.63) is 60.8 Å². The molecule has 2 heteroatoms. The zero-order valence-corrected chi connectivity index (χ0v) is 16.2. The standard InChI is InChI=1S/C23H36O2/c1-3-5-6-7-8-9-10-11-12-13-14-15-16-17-18-19-20-21-23(24)25-22-4-2/h12-21H,3-11,22H2,1-2H3/b13-12+,15-14+,17-16+,19-18+,21-20+. The van der Waals surface area contributed by atoms with E-state index in [9.17, 15) is 4.79 Å². The first-order valence-corrected chi connectivity index (χ1v) is 9.81. The summed E-state index contributed by atoms with van der Waals surface area (Å²) in [5, 5.41) is 0. The van der Waals surface area contributed by atoms with Gasteiger partial charge in [0.15, 0.2) is 0 Å². The monoisotopic (exact) mass is 344 g/mol. The highest BCUT2D eigenvalue weighted by Gasteiger charge is 1.91. The summed E-state index contributed by atoms with van der Waals surface area (Å²) >= 11 is 0. The zero-order valence-electron chi connectivity index (χ0n) is 16.2. The van der Waals surface area contributed by atoms with Crippen LogP contribution in [0.15, 0.2) is 60.8 Å². The molecule has 0 aliphatic carbocycles. The van der Waals surface area contributed by atoms with Crippen LogP contribution in [0.1, 0.15) is 71.6 Å². The molecule has 0 aromatic heterocycles. The van der Waals surface area contributed by atoms with E-state index in [1.54, 1.807) is 6.08 Å². The Morgan fingerprint density at radius 1 is 0.680 bits per heavy atom. The topological polar surface area (TPSA) is 26.3 Å². The quantitative estimate of drug-likeness (QED) is 0.140. The number of esters is 1. The van der Waals surface area contributed by atoms with Gasteiger partial charge in [0.1, 0.15) is 0 Å². The minimum atomic E-state index is -0.290. The van der Waals surface area contributed by atoms with Crippen molar-refractivity contribution < 1.29 is 9.53 Å². The van der Waals surface area contributed by atoms with Crippen molar-refractivity contribution in [1.29, 1.82) is 0 Å². The van der Waals surface area contributed by atoms with Crippen LogP contribution in [0.5, 0.6) is 0 Å². The number of ether oxygens (including phenoxy) is 1. The molecule has 0 saturated heterocycles. The molecule has 0 spiro atoms. The van der Waals surface area contributed by atoms with Crippen LogP contribution in [0, 0.1) is 0 Å². The van der Waals surface area contributed by atoms with Crippen LogP contribution < -0.4 is 0 Å². The van der Waals surface area contributed by atoms with E-state index in [4.69, 9.17) is 4.74 Å². The fraction of sp³-hybridized carbons (Fsp3) is 0.522. The Morgan fingerprint density at radius 3 is 1.88 bits per heavy atom. The molecule has 0 aromatic rings. The zero-order chi connectivity index (χ0) is 18.4. The minimum Gasteiger partial charge on any atom is -0.463 e. The SMILES string of the molecule is CCCCCCCCC/C=C/C=C/C=C/C=C/C=C/C(=O)OCCC. The molecule has 0 rings (SSSR count). The van der Waals surface area contributed by atoms with E-state index in [2.05, 4.69) is 19.1 Å². The molecule has 0 aliphatic rings. The third-order valence-electron chi connectivity index (χ3n) is 3.57. The lowest BCUT2D eigenvalue weighted by atomic mass is 10.1. The summed E-state index contributed by atoms with van der Waals surface area (Å²) in [6.45, 7) is 4.71. The van der Waals surface area contributed by atoms with Crippen molar-refractivity contribution in [2.45, 2.75) is 71.6 Å². The van der Waals surface area contributed by atoms with E-state index in [1.165, 1.54) is 57.4 Å². The third-order valence-corrected chi connectivity index (χ3v) is 3.57. The van der Waals surface area contributed by atoms with E-state index in [-0.39, 0.29) is 5.97 Å². The molecule has 25 heavy (non-hydrogen) atoms. The summed E-state index contributed by atoms with van der Waals surface area (Å²) in [4.78, 5) is 11.2. The van der Waals surface area contributed by atoms with Crippen LogP contribution in [0.4, 0.5) is 0 Å². The van der Waals surface area contributed by atoms with Gasteiger partial charge in [-0.15, -0.1) is 0 Å². The maximum Gasteiger partial charge on any atom is 0.330 e. The van der Waals surface area contributed by atoms with Gasteiger partial charge in [0, 0.05) is 6.08 Å². The molecule has 2 nitrogen and oxygen atoms in total. The van der Waals surface area contributed by atoms with Crippen molar-refractivity contribution in [1.82, 2.24) is 0 Å². The Labute approximate surface area is 155 Å². The van der Waals surface area contributed by atoms with E-state index in [0.29, 0.717) is 6.61 Å². The lowest BCUT2D eigenvalue weighted by molar-refractivity contribution is -0.137. The van der Waals surface area contributed by atoms with Crippen LogP contribution in [-0.4, -0.2) is 12.6 Å². The van der Waals surface area contributed by atoms with Crippen molar-refractivity contribution >= 4 is 5.97 Å². The largest absolute Gasteiger partial charge is 0.463 e. The Bertz CT molecular complexity index is 439. The fourth-order valence-corrected chi connectivity index (χ4v) is 2.16. The molecule has 0 aromatic carbocycles. The molecule has 0 unspecified atom stereocenters. The third kappa shape index (κ3) is 20.1. The van der Waals surface area contributed by atoms with Crippen molar-refractivity contribution in [3.8, 4) is 0 Å². The van der Waals surface area contributed by atoms with Crippen molar-refractivity contribution in [2.24, 2.45) is 0 Å². The Morgan fingerprint density at radius 2 is 1.24 bits per heavy atom. The van der Waals surface area contributed by atoms with Crippen LogP contribution >= 0.6 is 0 Å². The molecule has 0 N–H and O–H groups in total. The van der Waals surface area contributed by atoms with E-state index < -0.39 is 0 Å². The highest BCUT2D eigenvalue weighted by atomic mass is 16.5. The molecule has 140 valence electrons. The molecule has 0 fully saturated rings. The lowest BCUT2D eigenvalue weighted by Gasteiger charge is -1.98. The Hall–Kier alpha value is -1.83. The van der Waals surface area contributed by atoms with Gasteiger partial charge in [-0.3, -0.25) is 0 Å². The first-order valence-electron chi connectivity index (χ1n) is 9.81. The van der Waals surface area contributed by atoms with E-state index in [1.807, 2.05) is 43.4 Å². The average Bonchev–Trinajstić information content (AvgIpc) is 2.62.